The number of pyridine rings is 1. The number of rotatable bonds is 7. The molecule has 0 atom stereocenters. The third-order valence-corrected chi connectivity index (χ3v) is 3.46. The number of amides is 1. The van der Waals surface area contributed by atoms with Crippen molar-refractivity contribution in [1.29, 1.82) is 0 Å². The lowest BCUT2D eigenvalue weighted by Crippen LogP contribution is -2.50. The fourth-order valence-electron chi connectivity index (χ4n) is 2.19. The number of nitrogens with zero attached hydrogens (tertiary/aromatic N) is 2. The highest BCUT2D eigenvalue weighted by molar-refractivity contribution is 5.78. The number of ether oxygens (including phenoxy) is 1. The van der Waals surface area contributed by atoms with Gasteiger partial charge in [-0.1, -0.05) is 25.8 Å². The van der Waals surface area contributed by atoms with Gasteiger partial charge in [0.2, 0.25) is 5.91 Å². The summed E-state index contributed by atoms with van der Waals surface area (Å²) in [7, 11) is 0. The van der Waals surface area contributed by atoms with E-state index in [4.69, 9.17) is 4.74 Å². The van der Waals surface area contributed by atoms with E-state index >= 15 is 0 Å². The van der Waals surface area contributed by atoms with Gasteiger partial charge in [-0.15, -0.1) is 0 Å². The molecule has 2 rings (SSSR count). The van der Waals surface area contributed by atoms with Crippen molar-refractivity contribution in [2.45, 2.75) is 32.1 Å². The standard InChI is InChI=1S/C15H22N2O2/c1-2-3-6-9-19-12-15(18)17-10-13(11-17)14-7-4-5-8-16-14/h4-5,7-8,13H,2-3,6,9-12H2,1H3. The fourth-order valence-corrected chi connectivity index (χ4v) is 2.19. The van der Waals surface area contributed by atoms with Crippen LogP contribution in [0, 0.1) is 0 Å². The van der Waals surface area contributed by atoms with Crippen LogP contribution in [0.2, 0.25) is 0 Å². The van der Waals surface area contributed by atoms with Crippen molar-refractivity contribution in [1.82, 2.24) is 9.88 Å². The van der Waals surface area contributed by atoms with Crippen LogP contribution in [0.1, 0.15) is 37.8 Å². The highest BCUT2D eigenvalue weighted by Crippen LogP contribution is 2.25. The Kier molecular flexibility index (Phi) is 5.33. The first-order chi connectivity index (χ1) is 9.31. The van der Waals surface area contributed by atoms with Crippen molar-refractivity contribution in [3.63, 3.8) is 0 Å². The lowest BCUT2D eigenvalue weighted by atomic mass is 9.96. The van der Waals surface area contributed by atoms with Gasteiger partial charge in [-0.3, -0.25) is 9.78 Å². The van der Waals surface area contributed by atoms with Crippen molar-refractivity contribution < 1.29 is 9.53 Å². The van der Waals surface area contributed by atoms with Gasteiger partial charge >= 0.3 is 0 Å². The third kappa shape index (κ3) is 4.03. The monoisotopic (exact) mass is 262 g/mol. The molecule has 104 valence electrons. The summed E-state index contributed by atoms with van der Waals surface area (Å²) in [6, 6.07) is 5.92. The average Bonchev–Trinajstić information content (AvgIpc) is 2.38. The Morgan fingerprint density at radius 2 is 2.26 bits per heavy atom. The van der Waals surface area contributed by atoms with E-state index in [2.05, 4.69) is 11.9 Å². The topological polar surface area (TPSA) is 42.4 Å². The maximum absolute atomic E-state index is 11.8. The number of aromatic nitrogens is 1. The zero-order valence-electron chi connectivity index (χ0n) is 11.5. The maximum atomic E-state index is 11.8. The molecular formula is C15H22N2O2. The summed E-state index contributed by atoms with van der Waals surface area (Å²) in [4.78, 5) is 18.0. The molecule has 1 amide bonds. The number of unbranched alkanes of at least 4 members (excludes halogenated alkanes) is 2. The lowest BCUT2D eigenvalue weighted by molar-refractivity contribution is -0.140. The molecule has 1 fully saturated rings. The smallest absolute Gasteiger partial charge is 0.248 e. The summed E-state index contributed by atoms with van der Waals surface area (Å²) in [6.45, 7) is 4.61. The number of carbonyl (C=O) groups is 1. The molecule has 2 heterocycles. The lowest BCUT2D eigenvalue weighted by Gasteiger charge is -2.38. The average molecular weight is 262 g/mol. The van der Waals surface area contributed by atoms with Gasteiger partial charge in [-0.2, -0.15) is 0 Å². The Labute approximate surface area is 114 Å². The van der Waals surface area contributed by atoms with Crippen LogP contribution in [0.4, 0.5) is 0 Å². The van der Waals surface area contributed by atoms with Gasteiger partial charge in [0.1, 0.15) is 6.61 Å². The second-order valence-corrected chi connectivity index (χ2v) is 5.01. The molecule has 0 aromatic carbocycles. The number of hydrogen-bond acceptors (Lipinski definition) is 3. The summed E-state index contributed by atoms with van der Waals surface area (Å²) in [6.07, 6.45) is 5.19. The molecule has 1 saturated heterocycles. The van der Waals surface area contributed by atoms with E-state index in [1.54, 1.807) is 6.20 Å². The summed E-state index contributed by atoms with van der Waals surface area (Å²) in [5.41, 5.74) is 1.08. The van der Waals surface area contributed by atoms with Gasteiger partial charge in [0, 0.05) is 37.5 Å². The molecule has 0 N–H and O–H groups in total. The zero-order valence-corrected chi connectivity index (χ0v) is 11.5. The fraction of sp³-hybridized carbons (Fsp3) is 0.600. The summed E-state index contributed by atoms with van der Waals surface area (Å²) in [5.74, 6) is 0.494. The third-order valence-electron chi connectivity index (χ3n) is 3.46. The summed E-state index contributed by atoms with van der Waals surface area (Å²) < 4.78 is 5.39. The van der Waals surface area contributed by atoms with Gasteiger partial charge in [-0.25, -0.2) is 0 Å². The molecule has 1 aromatic heterocycles. The minimum atomic E-state index is 0.101. The van der Waals surface area contributed by atoms with E-state index in [1.807, 2.05) is 23.1 Å². The molecule has 0 bridgehead atoms. The quantitative estimate of drug-likeness (QED) is 0.708. The van der Waals surface area contributed by atoms with Gasteiger partial charge in [0.25, 0.3) is 0 Å². The van der Waals surface area contributed by atoms with Gasteiger partial charge in [0.15, 0.2) is 0 Å². The van der Waals surface area contributed by atoms with E-state index in [9.17, 15) is 4.79 Å². The largest absolute Gasteiger partial charge is 0.372 e. The van der Waals surface area contributed by atoms with Crippen molar-refractivity contribution in [3.05, 3.63) is 30.1 Å². The molecule has 19 heavy (non-hydrogen) atoms. The molecule has 1 aliphatic heterocycles. The van der Waals surface area contributed by atoms with E-state index in [0.717, 1.165) is 25.2 Å². The Morgan fingerprint density at radius 1 is 1.42 bits per heavy atom. The highest BCUT2D eigenvalue weighted by Gasteiger charge is 2.32. The second kappa shape index (κ2) is 7.24. The molecule has 0 saturated carbocycles. The van der Waals surface area contributed by atoms with Crippen LogP contribution in [-0.4, -0.2) is 42.1 Å². The molecule has 0 unspecified atom stereocenters. The molecule has 1 aromatic rings. The Balaban J connectivity index is 1.62. The molecular weight excluding hydrogens is 240 g/mol. The Bertz CT molecular complexity index is 388. The minimum absolute atomic E-state index is 0.101. The van der Waals surface area contributed by atoms with E-state index in [-0.39, 0.29) is 12.5 Å². The SMILES string of the molecule is CCCCCOCC(=O)N1CC(c2ccccn2)C1. The molecule has 4 heteroatoms. The van der Waals surface area contributed by atoms with E-state index in [1.165, 1.54) is 12.8 Å². The first-order valence-electron chi connectivity index (χ1n) is 7.07. The molecule has 4 nitrogen and oxygen atoms in total. The van der Waals surface area contributed by atoms with Crippen molar-refractivity contribution in [2.24, 2.45) is 0 Å². The normalized spacial score (nSPS) is 15.3. The van der Waals surface area contributed by atoms with Crippen LogP contribution in [0.5, 0.6) is 0 Å². The summed E-state index contributed by atoms with van der Waals surface area (Å²) in [5, 5.41) is 0. The van der Waals surface area contributed by atoms with Gasteiger partial charge in [0.05, 0.1) is 0 Å². The van der Waals surface area contributed by atoms with Crippen LogP contribution in [0.3, 0.4) is 0 Å². The second-order valence-electron chi connectivity index (χ2n) is 5.01. The Hall–Kier alpha value is -1.42. The highest BCUT2D eigenvalue weighted by atomic mass is 16.5. The van der Waals surface area contributed by atoms with Crippen LogP contribution in [-0.2, 0) is 9.53 Å². The van der Waals surface area contributed by atoms with Crippen molar-refractivity contribution >= 4 is 5.91 Å². The molecule has 1 aliphatic rings. The molecule has 0 aliphatic carbocycles. The molecule has 0 spiro atoms. The number of likely N-dealkylation sites (tertiary alicyclic amines) is 1. The van der Waals surface area contributed by atoms with Crippen LogP contribution < -0.4 is 0 Å². The number of carbonyl (C=O) groups excluding carboxylic acids is 1. The predicted molar refractivity (Wildman–Crippen MR) is 73.9 cm³/mol. The molecule has 0 radical (unpaired) electrons. The number of hydrogen-bond donors (Lipinski definition) is 0. The predicted octanol–water partition coefficient (Wildman–Crippen LogP) is 2.21. The summed E-state index contributed by atoms with van der Waals surface area (Å²) >= 11 is 0. The van der Waals surface area contributed by atoms with Crippen molar-refractivity contribution in [2.75, 3.05) is 26.3 Å². The van der Waals surface area contributed by atoms with Crippen LogP contribution in [0.25, 0.3) is 0 Å². The maximum Gasteiger partial charge on any atom is 0.248 e. The minimum Gasteiger partial charge on any atom is -0.372 e. The van der Waals surface area contributed by atoms with E-state index in [0.29, 0.717) is 12.5 Å². The van der Waals surface area contributed by atoms with Crippen LogP contribution in [0.15, 0.2) is 24.4 Å². The van der Waals surface area contributed by atoms with Gasteiger partial charge < -0.3 is 9.64 Å². The van der Waals surface area contributed by atoms with Crippen molar-refractivity contribution in [3.8, 4) is 0 Å². The first kappa shape index (κ1) is 14.0. The Morgan fingerprint density at radius 3 is 2.95 bits per heavy atom. The first-order valence-corrected chi connectivity index (χ1v) is 7.07. The zero-order chi connectivity index (χ0) is 13.5. The van der Waals surface area contributed by atoms with Crippen LogP contribution >= 0.6 is 0 Å². The van der Waals surface area contributed by atoms with E-state index < -0.39 is 0 Å². The van der Waals surface area contributed by atoms with Gasteiger partial charge in [-0.05, 0) is 18.6 Å².